The molecule has 0 aliphatic carbocycles. The topological polar surface area (TPSA) is 98.6 Å². The van der Waals surface area contributed by atoms with Crippen LogP contribution in [0.5, 0.6) is 5.75 Å². The monoisotopic (exact) mass is 362 g/mol. The van der Waals surface area contributed by atoms with Crippen LogP contribution >= 0.6 is 0 Å². The standard InChI is InChI=1S/C23H14N4O/c24-11-13-5-7-14(8-6-13)20-16-9-10-19-21(15-3-1-2-4-18(15)27-19)22(16)28-23(26)17(20)12-25/h1-10,20,27H,26H2. The van der Waals surface area contributed by atoms with Gasteiger partial charge in [-0.05, 0) is 29.8 Å². The number of para-hydroxylation sites is 1. The minimum Gasteiger partial charge on any atom is -0.439 e. The van der Waals surface area contributed by atoms with E-state index in [1.54, 1.807) is 12.1 Å². The molecule has 5 nitrogen and oxygen atoms in total. The molecule has 1 aliphatic rings. The van der Waals surface area contributed by atoms with E-state index < -0.39 is 0 Å². The number of nitrogens with one attached hydrogen (secondary N) is 1. The summed E-state index contributed by atoms with van der Waals surface area (Å²) in [6, 6.07) is 23.5. The van der Waals surface area contributed by atoms with Crippen molar-refractivity contribution in [3.63, 3.8) is 0 Å². The smallest absolute Gasteiger partial charge is 0.205 e. The maximum atomic E-state index is 9.74. The number of nitrogens with two attached hydrogens (primary N) is 1. The van der Waals surface area contributed by atoms with Gasteiger partial charge in [0.05, 0.1) is 28.5 Å². The van der Waals surface area contributed by atoms with Gasteiger partial charge in [-0.25, -0.2) is 0 Å². The van der Waals surface area contributed by atoms with Crippen LogP contribution in [0, 0.1) is 22.7 Å². The molecule has 132 valence electrons. The van der Waals surface area contributed by atoms with Crippen LogP contribution in [0.3, 0.4) is 0 Å². The molecular weight excluding hydrogens is 348 g/mol. The van der Waals surface area contributed by atoms with Gasteiger partial charge in [0.15, 0.2) is 0 Å². The van der Waals surface area contributed by atoms with E-state index in [4.69, 9.17) is 15.7 Å². The fraction of sp³-hybridized carbons (Fsp3) is 0.0435. The molecule has 5 heteroatoms. The van der Waals surface area contributed by atoms with Crippen LogP contribution in [0.4, 0.5) is 0 Å². The fourth-order valence-corrected chi connectivity index (χ4v) is 3.94. The molecule has 0 bridgehead atoms. The summed E-state index contributed by atoms with van der Waals surface area (Å²) in [5.41, 5.74) is 10.8. The molecule has 0 radical (unpaired) electrons. The van der Waals surface area contributed by atoms with Crippen LogP contribution in [0.15, 0.2) is 72.1 Å². The maximum Gasteiger partial charge on any atom is 0.205 e. The van der Waals surface area contributed by atoms with Crippen molar-refractivity contribution in [3.05, 3.63) is 88.8 Å². The lowest BCUT2D eigenvalue weighted by Crippen LogP contribution is -2.21. The quantitative estimate of drug-likeness (QED) is 0.524. The number of aromatic nitrogens is 1. The van der Waals surface area contributed by atoms with Gasteiger partial charge in [0.2, 0.25) is 5.88 Å². The van der Waals surface area contributed by atoms with Crippen LogP contribution in [-0.4, -0.2) is 4.98 Å². The van der Waals surface area contributed by atoms with Crippen molar-refractivity contribution >= 4 is 21.8 Å². The van der Waals surface area contributed by atoms with Crippen LogP contribution in [0.2, 0.25) is 0 Å². The molecule has 0 fully saturated rings. The van der Waals surface area contributed by atoms with Gasteiger partial charge in [-0.1, -0.05) is 36.4 Å². The van der Waals surface area contributed by atoms with Gasteiger partial charge in [0.1, 0.15) is 17.4 Å². The molecule has 3 aromatic carbocycles. The Hall–Kier alpha value is -4.22. The van der Waals surface area contributed by atoms with Crippen molar-refractivity contribution in [1.82, 2.24) is 4.98 Å². The third-order valence-electron chi connectivity index (χ3n) is 5.22. The first-order valence-electron chi connectivity index (χ1n) is 8.82. The van der Waals surface area contributed by atoms with E-state index >= 15 is 0 Å². The Labute approximate surface area is 160 Å². The first-order chi connectivity index (χ1) is 13.7. The molecule has 0 saturated heterocycles. The number of benzene rings is 3. The van der Waals surface area contributed by atoms with E-state index in [9.17, 15) is 5.26 Å². The largest absolute Gasteiger partial charge is 0.439 e. The average molecular weight is 362 g/mol. The highest BCUT2D eigenvalue weighted by Crippen LogP contribution is 2.47. The number of rotatable bonds is 1. The Bertz CT molecular complexity index is 1360. The summed E-state index contributed by atoms with van der Waals surface area (Å²) >= 11 is 0. The molecule has 1 aliphatic heterocycles. The summed E-state index contributed by atoms with van der Waals surface area (Å²) in [4.78, 5) is 3.40. The predicted molar refractivity (Wildman–Crippen MR) is 106 cm³/mol. The average Bonchev–Trinajstić information content (AvgIpc) is 3.12. The normalized spacial score (nSPS) is 15.7. The van der Waals surface area contributed by atoms with Gasteiger partial charge in [-0.3, -0.25) is 0 Å². The van der Waals surface area contributed by atoms with Crippen molar-refractivity contribution in [2.24, 2.45) is 5.73 Å². The van der Waals surface area contributed by atoms with E-state index in [0.29, 0.717) is 16.9 Å². The van der Waals surface area contributed by atoms with Crippen molar-refractivity contribution < 1.29 is 4.74 Å². The van der Waals surface area contributed by atoms with E-state index in [-0.39, 0.29) is 11.8 Å². The summed E-state index contributed by atoms with van der Waals surface area (Å²) in [5, 5.41) is 20.8. The van der Waals surface area contributed by atoms with Crippen molar-refractivity contribution in [2.75, 3.05) is 0 Å². The summed E-state index contributed by atoms with van der Waals surface area (Å²) in [6.45, 7) is 0. The lowest BCUT2D eigenvalue weighted by Gasteiger charge is -2.27. The third-order valence-corrected chi connectivity index (χ3v) is 5.22. The van der Waals surface area contributed by atoms with Gasteiger partial charge >= 0.3 is 0 Å². The zero-order valence-electron chi connectivity index (χ0n) is 14.7. The molecule has 0 saturated carbocycles. The van der Waals surface area contributed by atoms with E-state index in [1.807, 2.05) is 48.5 Å². The number of hydrogen-bond acceptors (Lipinski definition) is 4. The Kier molecular flexibility index (Phi) is 3.37. The second kappa shape index (κ2) is 5.90. The zero-order valence-corrected chi connectivity index (χ0v) is 14.7. The minimum absolute atomic E-state index is 0.113. The number of allylic oxidation sites excluding steroid dienone is 1. The minimum atomic E-state index is -0.348. The highest BCUT2D eigenvalue weighted by molar-refractivity contribution is 6.11. The summed E-state index contributed by atoms with van der Waals surface area (Å²) in [6.07, 6.45) is 0. The zero-order chi connectivity index (χ0) is 19.3. The molecule has 5 rings (SSSR count). The van der Waals surface area contributed by atoms with Gasteiger partial charge in [0, 0.05) is 16.5 Å². The molecule has 28 heavy (non-hydrogen) atoms. The van der Waals surface area contributed by atoms with Crippen LogP contribution < -0.4 is 10.5 Å². The maximum absolute atomic E-state index is 9.74. The van der Waals surface area contributed by atoms with Gasteiger partial charge in [-0.2, -0.15) is 10.5 Å². The summed E-state index contributed by atoms with van der Waals surface area (Å²) < 4.78 is 5.97. The number of nitrogens with zero attached hydrogens (tertiary/aromatic N) is 2. The summed E-state index contributed by atoms with van der Waals surface area (Å²) in [5.74, 6) is 0.433. The number of ether oxygens (including phenoxy) is 1. The summed E-state index contributed by atoms with van der Waals surface area (Å²) in [7, 11) is 0. The van der Waals surface area contributed by atoms with Crippen molar-refractivity contribution in [3.8, 4) is 17.9 Å². The molecule has 1 aromatic heterocycles. The van der Waals surface area contributed by atoms with E-state index in [2.05, 4.69) is 17.1 Å². The fourth-order valence-electron chi connectivity index (χ4n) is 3.94. The number of hydrogen-bond donors (Lipinski definition) is 2. The van der Waals surface area contributed by atoms with Crippen LogP contribution in [0.25, 0.3) is 21.8 Å². The number of nitriles is 2. The highest BCUT2D eigenvalue weighted by Gasteiger charge is 2.32. The molecule has 2 heterocycles. The first-order valence-corrected chi connectivity index (χ1v) is 8.82. The molecule has 1 atom stereocenters. The first kappa shape index (κ1) is 16.0. The molecule has 0 spiro atoms. The van der Waals surface area contributed by atoms with Gasteiger partial charge in [0.25, 0.3) is 0 Å². The second-order valence-electron chi connectivity index (χ2n) is 6.74. The Balaban J connectivity index is 1.82. The molecular formula is C23H14N4O. The molecule has 3 N–H and O–H groups in total. The number of fused-ring (bicyclic) bond motifs is 5. The molecule has 0 amide bonds. The lowest BCUT2D eigenvalue weighted by molar-refractivity contribution is 0.399. The van der Waals surface area contributed by atoms with E-state index in [0.717, 1.165) is 32.9 Å². The lowest BCUT2D eigenvalue weighted by atomic mass is 9.82. The van der Waals surface area contributed by atoms with Crippen molar-refractivity contribution in [1.29, 1.82) is 10.5 Å². The van der Waals surface area contributed by atoms with E-state index in [1.165, 1.54) is 0 Å². The second-order valence-corrected chi connectivity index (χ2v) is 6.74. The van der Waals surface area contributed by atoms with Gasteiger partial charge in [-0.15, -0.1) is 0 Å². The third kappa shape index (κ3) is 2.17. The number of H-pyrrole nitrogens is 1. The Morgan fingerprint density at radius 3 is 2.43 bits per heavy atom. The van der Waals surface area contributed by atoms with Crippen LogP contribution in [-0.2, 0) is 0 Å². The van der Waals surface area contributed by atoms with Gasteiger partial charge < -0.3 is 15.5 Å². The van der Waals surface area contributed by atoms with Crippen LogP contribution in [0.1, 0.15) is 22.6 Å². The predicted octanol–water partition coefficient (Wildman–Crippen LogP) is 4.41. The number of aromatic amines is 1. The molecule has 4 aromatic rings. The Morgan fingerprint density at radius 2 is 1.68 bits per heavy atom. The Morgan fingerprint density at radius 1 is 0.893 bits per heavy atom. The SMILES string of the molecule is N#CC1=C(N)Oc2c(ccc3[nH]c4ccccc4c23)C1c1ccc(C#N)cc1. The highest BCUT2D eigenvalue weighted by atomic mass is 16.5. The molecule has 1 unspecified atom stereocenters. The van der Waals surface area contributed by atoms with Crippen molar-refractivity contribution in [2.45, 2.75) is 5.92 Å².